The molecule has 1 amide bonds. The summed E-state index contributed by atoms with van der Waals surface area (Å²) < 4.78 is 24.0. The summed E-state index contributed by atoms with van der Waals surface area (Å²) in [6.45, 7) is 2.27. The lowest BCUT2D eigenvalue weighted by atomic mass is 10.1. The largest absolute Gasteiger partial charge is 0.493 e. The number of hydrogen-bond acceptors (Lipinski definition) is 6. The molecule has 0 unspecified atom stereocenters. The molecule has 1 heterocycles. The van der Waals surface area contributed by atoms with Gasteiger partial charge >= 0.3 is 5.69 Å². The minimum Gasteiger partial charge on any atom is -0.493 e. The highest BCUT2D eigenvalue weighted by atomic mass is 19.1. The van der Waals surface area contributed by atoms with E-state index < -0.39 is 17.4 Å². The molecule has 3 aromatic rings. The highest BCUT2D eigenvalue weighted by Gasteiger charge is 2.11. The Bertz CT molecular complexity index is 1130. The normalized spacial score (nSPS) is 10.8. The van der Waals surface area contributed by atoms with Crippen molar-refractivity contribution in [2.45, 2.75) is 6.92 Å². The number of amides is 1. The Morgan fingerprint density at radius 3 is 2.73 bits per heavy atom. The summed E-state index contributed by atoms with van der Waals surface area (Å²) >= 11 is 0. The van der Waals surface area contributed by atoms with Crippen LogP contribution in [0.3, 0.4) is 0 Å². The van der Waals surface area contributed by atoms with Crippen LogP contribution in [0.15, 0.2) is 58.4 Å². The van der Waals surface area contributed by atoms with Crippen LogP contribution in [-0.2, 0) is 0 Å². The van der Waals surface area contributed by atoms with Gasteiger partial charge in [-0.1, -0.05) is 6.07 Å². The molecule has 9 heteroatoms. The van der Waals surface area contributed by atoms with E-state index in [4.69, 9.17) is 9.47 Å². The van der Waals surface area contributed by atoms with Gasteiger partial charge in [-0.15, -0.1) is 0 Å². The number of ether oxygens (including phenoxy) is 2. The first kappa shape index (κ1) is 20.7. The van der Waals surface area contributed by atoms with Crippen LogP contribution in [0.5, 0.6) is 11.5 Å². The number of nitrogens with zero attached hydrogens (tertiary/aromatic N) is 2. The molecule has 3 rings (SSSR count). The van der Waals surface area contributed by atoms with E-state index in [1.807, 2.05) is 6.92 Å². The monoisotopic (exact) mass is 410 g/mol. The van der Waals surface area contributed by atoms with Gasteiger partial charge in [-0.2, -0.15) is 10.1 Å². The van der Waals surface area contributed by atoms with Gasteiger partial charge < -0.3 is 14.5 Å². The summed E-state index contributed by atoms with van der Waals surface area (Å²) in [5.74, 6) is -0.0271. The van der Waals surface area contributed by atoms with Crippen LogP contribution >= 0.6 is 0 Å². The van der Waals surface area contributed by atoms with Crippen LogP contribution in [0.4, 0.5) is 4.39 Å². The van der Waals surface area contributed by atoms with Gasteiger partial charge in [0.15, 0.2) is 11.5 Å². The lowest BCUT2D eigenvalue weighted by Crippen LogP contribution is -2.24. The summed E-state index contributed by atoms with van der Waals surface area (Å²) in [7, 11) is 1.53. The number of carbonyl (C=O) groups is 1. The van der Waals surface area contributed by atoms with Gasteiger partial charge in [-0.05, 0) is 49.4 Å². The van der Waals surface area contributed by atoms with Crippen molar-refractivity contribution in [1.29, 1.82) is 0 Å². The molecular formula is C21H19FN4O4. The van der Waals surface area contributed by atoms with Crippen molar-refractivity contribution in [3.05, 3.63) is 76.1 Å². The second-order valence-corrected chi connectivity index (χ2v) is 6.00. The van der Waals surface area contributed by atoms with E-state index in [1.54, 1.807) is 18.2 Å². The molecule has 0 aliphatic carbocycles. The highest BCUT2D eigenvalue weighted by molar-refractivity contribution is 5.94. The third-order valence-electron chi connectivity index (χ3n) is 4.02. The van der Waals surface area contributed by atoms with Crippen molar-refractivity contribution in [3.8, 4) is 22.8 Å². The third-order valence-corrected chi connectivity index (χ3v) is 4.02. The molecule has 0 fully saturated rings. The Hall–Kier alpha value is -4.01. The first-order chi connectivity index (χ1) is 14.5. The van der Waals surface area contributed by atoms with Crippen molar-refractivity contribution in [2.24, 2.45) is 5.10 Å². The van der Waals surface area contributed by atoms with E-state index in [0.29, 0.717) is 29.2 Å². The first-order valence-corrected chi connectivity index (χ1v) is 9.02. The van der Waals surface area contributed by atoms with E-state index in [9.17, 15) is 14.0 Å². The fourth-order valence-corrected chi connectivity index (χ4v) is 2.66. The van der Waals surface area contributed by atoms with Crippen LogP contribution in [0, 0.1) is 5.82 Å². The molecule has 8 nitrogen and oxygen atoms in total. The number of benzene rings is 2. The highest BCUT2D eigenvalue weighted by Crippen LogP contribution is 2.29. The maximum Gasteiger partial charge on any atom is 0.346 e. The predicted octanol–water partition coefficient (Wildman–Crippen LogP) is 2.75. The number of hydrazone groups is 1. The molecule has 0 spiro atoms. The summed E-state index contributed by atoms with van der Waals surface area (Å²) in [4.78, 5) is 30.4. The van der Waals surface area contributed by atoms with Gasteiger partial charge in [0.25, 0.3) is 5.91 Å². The Kier molecular flexibility index (Phi) is 6.53. The van der Waals surface area contributed by atoms with E-state index in [2.05, 4.69) is 20.5 Å². The van der Waals surface area contributed by atoms with E-state index in [1.165, 1.54) is 43.7 Å². The fraction of sp³-hybridized carbons (Fsp3) is 0.143. The van der Waals surface area contributed by atoms with Gasteiger partial charge in [0.1, 0.15) is 11.5 Å². The fourth-order valence-electron chi connectivity index (χ4n) is 2.66. The third kappa shape index (κ3) is 4.88. The van der Waals surface area contributed by atoms with E-state index in [-0.39, 0.29) is 11.4 Å². The van der Waals surface area contributed by atoms with Crippen molar-refractivity contribution < 1.29 is 18.7 Å². The summed E-state index contributed by atoms with van der Waals surface area (Å²) in [6, 6.07) is 12.1. The van der Waals surface area contributed by atoms with Crippen molar-refractivity contribution >= 4 is 12.1 Å². The van der Waals surface area contributed by atoms with Gasteiger partial charge in [0.05, 0.1) is 25.6 Å². The predicted molar refractivity (Wildman–Crippen MR) is 109 cm³/mol. The lowest BCUT2D eigenvalue weighted by molar-refractivity contribution is 0.0949. The summed E-state index contributed by atoms with van der Waals surface area (Å²) in [5, 5.41) is 3.93. The van der Waals surface area contributed by atoms with Crippen LogP contribution in [0.25, 0.3) is 11.3 Å². The van der Waals surface area contributed by atoms with Gasteiger partial charge in [0.2, 0.25) is 0 Å². The number of methoxy groups -OCH3 is 1. The zero-order valence-electron chi connectivity index (χ0n) is 16.3. The summed E-state index contributed by atoms with van der Waals surface area (Å²) in [5.41, 5.74) is 2.93. The molecule has 154 valence electrons. The van der Waals surface area contributed by atoms with Crippen LogP contribution in [0.1, 0.15) is 23.0 Å². The molecule has 0 bridgehead atoms. The zero-order valence-corrected chi connectivity index (χ0v) is 16.3. The standard InChI is InChI=1S/C21H19FN4O4/c1-3-30-19-14(5-4-6-18(19)29-2)12-23-26-20(27)17-11-16(24-21(28)25-17)13-7-9-15(22)10-8-13/h4-12H,3H2,1-2H3,(H,26,27)(H,24,25,28)/b23-12+. The molecule has 30 heavy (non-hydrogen) atoms. The molecule has 1 aromatic heterocycles. The first-order valence-electron chi connectivity index (χ1n) is 9.02. The maximum atomic E-state index is 13.1. The molecule has 0 saturated heterocycles. The number of rotatable bonds is 7. The maximum absolute atomic E-state index is 13.1. The number of para-hydroxylation sites is 1. The quantitative estimate of drug-likeness (QED) is 0.460. The number of halogens is 1. The number of H-pyrrole nitrogens is 1. The molecule has 0 aliphatic rings. The topological polar surface area (TPSA) is 106 Å². The molecule has 2 aromatic carbocycles. The Morgan fingerprint density at radius 1 is 1.27 bits per heavy atom. The Balaban J connectivity index is 1.80. The second-order valence-electron chi connectivity index (χ2n) is 6.00. The number of hydrogen-bond donors (Lipinski definition) is 2. The van der Waals surface area contributed by atoms with Crippen molar-refractivity contribution in [3.63, 3.8) is 0 Å². The zero-order chi connectivity index (χ0) is 21.5. The molecule has 0 radical (unpaired) electrons. The van der Waals surface area contributed by atoms with E-state index in [0.717, 1.165) is 0 Å². The minimum absolute atomic E-state index is 0.0397. The molecule has 0 atom stereocenters. The Morgan fingerprint density at radius 2 is 2.03 bits per heavy atom. The van der Waals surface area contributed by atoms with Gasteiger partial charge in [0, 0.05) is 11.1 Å². The van der Waals surface area contributed by atoms with E-state index >= 15 is 0 Å². The van der Waals surface area contributed by atoms with Gasteiger partial charge in [-0.3, -0.25) is 4.79 Å². The van der Waals surface area contributed by atoms with Crippen molar-refractivity contribution in [1.82, 2.24) is 15.4 Å². The molecule has 2 N–H and O–H groups in total. The number of carbonyl (C=O) groups excluding carboxylic acids is 1. The van der Waals surface area contributed by atoms with Crippen LogP contribution in [0.2, 0.25) is 0 Å². The van der Waals surface area contributed by atoms with Crippen LogP contribution in [-0.4, -0.2) is 35.8 Å². The Labute approximate surface area is 171 Å². The van der Waals surface area contributed by atoms with Gasteiger partial charge in [-0.25, -0.2) is 14.6 Å². The number of aromatic amines is 1. The smallest absolute Gasteiger partial charge is 0.346 e. The minimum atomic E-state index is -0.711. The van der Waals surface area contributed by atoms with Crippen molar-refractivity contribution in [2.75, 3.05) is 13.7 Å². The second kappa shape index (κ2) is 9.46. The molecule has 0 saturated carbocycles. The SMILES string of the molecule is CCOc1c(/C=N/NC(=O)c2cc(-c3ccc(F)cc3)nc(=O)[nH]2)cccc1OC. The average Bonchev–Trinajstić information content (AvgIpc) is 2.74. The average molecular weight is 410 g/mol. The number of aromatic nitrogens is 2. The lowest BCUT2D eigenvalue weighted by Gasteiger charge is -2.11. The number of nitrogens with one attached hydrogen (secondary N) is 2. The molecular weight excluding hydrogens is 391 g/mol. The molecule has 0 aliphatic heterocycles. The van der Waals surface area contributed by atoms with Crippen LogP contribution < -0.4 is 20.6 Å². The summed E-state index contributed by atoms with van der Waals surface area (Å²) in [6.07, 6.45) is 1.41.